The zero-order valence-electron chi connectivity index (χ0n) is 13.8. The summed E-state index contributed by atoms with van der Waals surface area (Å²) >= 11 is 0. The van der Waals surface area contributed by atoms with Crippen LogP contribution < -0.4 is 5.32 Å². The highest BCUT2D eigenvalue weighted by Crippen LogP contribution is 2.29. The maximum absolute atomic E-state index is 12.7. The Morgan fingerprint density at radius 2 is 1.64 bits per heavy atom. The van der Waals surface area contributed by atoms with Crippen molar-refractivity contribution >= 4 is 28.5 Å². The number of hydrogen-bond donors (Lipinski definition) is 2. The second-order valence-electron chi connectivity index (χ2n) is 6.00. The summed E-state index contributed by atoms with van der Waals surface area (Å²) in [7, 11) is 0. The summed E-state index contributed by atoms with van der Waals surface area (Å²) in [4.78, 5) is 38.3. The number of aliphatic hydroxyl groups is 1. The number of imide groups is 1. The molecule has 0 spiro atoms. The van der Waals surface area contributed by atoms with Crippen LogP contribution in [0.4, 0.5) is 0 Å². The molecule has 0 saturated heterocycles. The van der Waals surface area contributed by atoms with E-state index in [0.29, 0.717) is 35.9 Å². The van der Waals surface area contributed by atoms with Crippen LogP contribution in [0.2, 0.25) is 0 Å². The molecular weight excluding hydrogens is 320 g/mol. The van der Waals surface area contributed by atoms with Crippen molar-refractivity contribution in [1.29, 1.82) is 0 Å². The quantitative estimate of drug-likeness (QED) is 0.593. The maximum atomic E-state index is 12.7. The van der Waals surface area contributed by atoms with Gasteiger partial charge < -0.3 is 10.4 Å². The van der Waals surface area contributed by atoms with Crippen molar-refractivity contribution in [3.05, 3.63) is 47.5 Å². The lowest BCUT2D eigenvalue weighted by atomic mass is 9.94. The van der Waals surface area contributed by atoms with E-state index in [1.54, 1.807) is 12.1 Å². The molecule has 25 heavy (non-hydrogen) atoms. The third kappa shape index (κ3) is 3.39. The second kappa shape index (κ2) is 7.44. The lowest BCUT2D eigenvalue weighted by Crippen LogP contribution is -2.41. The van der Waals surface area contributed by atoms with Gasteiger partial charge in [0.15, 0.2) is 0 Å². The van der Waals surface area contributed by atoms with E-state index in [1.165, 1.54) is 4.90 Å². The first-order valence-electron chi connectivity index (χ1n) is 8.39. The van der Waals surface area contributed by atoms with Crippen LogP contribution in [0.5, 0.6) is 0 Å². The van der Waals surface area contributed by atoms with E-state index in [2.05, 4.69) is 5.32 Å². The fraction of sp³-hybridized carbons (Fsp3) is 0.316. The third-order valence-electron chi connectivity index (χ3n) is 4.30. The van der Waals surface area contributed by atoms with Crippen LogP contribution in [0.25, 0.3) is 10.8 Å². The van der Waals surface area contributed by atoms with Crippen molar-refractivity contribution in [2.45, 2.75) is 19.3 Å². The molecule has 0 aliphatic carbocycles. The van der Waals surface area contributed by atoms with Gasteiger partial charge in [0.2, 0.25) is 5.91 Å². The first kappa shape index (κ1) is 17.1. The molecule has 0 radical (unpaired) electrons. The molecule has 0 bridgehead atoms. The molecule has 1 aliphatic rings. The van der Waals surface area contributed by atoms with Gasteiger partial charge in [-0.05, 0) is 30.4 Å². The Labute approximate surface area is 145 Å². The third-order valence-corrected chi connectivity index (χ3v) is 4.30. The van der Waals surface area contributed by atoms with Crippen molar-refractivity contribution in [2.24, 2.45) is 0 Å². The highest BCUT2D eigenvalue weighted by atomic mass is 16.3. The summed E-state index contributed by atoms with van der Waals surface area (Å²) in [6.45, 7) is 0.657. The number of aliphatic hydroxyl groups excluding tert-OH is 1. The SMILES string of the molecule is O=C(CCCN1C(=O)c2cccc3cccc(c23)C1=O)NCCCO. The van der Waals surface area contributed by atoms with E-state index in [-0.39, 0.29) is 37.3 Å². The molecule has 0 atom stereocenters. The van der Waals surface area contributed by atoms with Gasteiger partial charge in [0.1, 0.15) is 0 Å². The van der Waals surface area contributed by atoms with Crippen LogP contribution in [0.1, 0.15) is 40.0 Å². The molecule has 0 fully saturated rings. The summed E-state index contributed by atoms with van der Waals surface area (Å²) in [6, 6.07) is 10.8. The van der Waals surface area contributed by atoms with Crippen molar-refractivity contribution in [3.63, 3.8) is 0 Å². The smallest absolute Gasteiger partial charge is 0.261 e. The average Bonchev–Trinajstić information content (AvgIpc) is 2.62. The van der Waals surface area contributed by atoms with E-state index in [1.807, 2.05) is 24.3 Å². The van der Waals surface area contributed by atoms with E-state index < -0.39 is 0 Å². The molecular formula is C19H20N2O4. The number of nitrogens with zero attached hydrogens (tertiary/aromatic N) is 1. The monoisotopic (exact) mass is 340 g/mol. The van der Waals surface area contributed by atoms with Crippen LogP contribution in [0.3, 0.4) is 0 Å². The van der Waals surface area contributed by atoms with Gasteiger partial charge in [-0.25, -0.2) is 0 Å². The van der Waals surface area contributed by atoms with Crippen molar-refractivity contribution in [1.82, 2.24) is 10.2 Å². The first-order chi connectivity index (χ1) is 12.1. The van der Waals surface area contributed by atoms with E-state index in [9.17, 15) is 14.4 Å². The Bertz CT molecular complexity index is 781. The fourth-order valence-electron chi connectivity index (χ4n) is 3.08. The Morgan fingerprint density at radius 3 is 2.24 bits per heavy atom. The summed E-state index contributed by atoms with van der Waals surface area (Å²) in [5, 5.41) is 13.0. The molecule has 2 N–H and O–H groups in total. The molecule has 0 saturated carbocycles. The van der Waals surface area contributed by atoms with Crippen LogP contribution >= 0.6 is 0 Å². The molecule has 3 rings (SSSR count). The minimum absolute atomic E-state index is 0.0298. The molecule has 130 valence electrons. The minimum Gasteiger partial charge on any atom is -0.396 e. The zero-order valence-corrected chi connectivity index (χ0v) is 13.8. The summed E-state index contributed by atoms with van der Waals surface area (Å²) in [5.74, 6) is -0.766. The van der Waals surface area contributed by atoms with E-state index in [0.717, 1.165) is 5.39 Å². The minimum atomic E-state index is -0.310. The fourth-order valence-corrected chi connectivity index (χ4v) is 3.08. The number of benzene rings is 2. The summed E-state index contributed by atoms with van der Waals surface area (Å²) in [5.41, 5.74) is 1.06. The number of hydrogen-bond acceptors (Lipinski definition) is 4. The molecule has 6 heteroatoms. The molecule has 1 aliphatic heterocycles. The number of rotatable bonds is 7. The Hall–Kier alpha value is -2.73. The van der Waals surface area contributed by atoms with E-state index in [4.69, 9.17) is 5.11 Å². The van der Waals surface area contributed by atoms with Crippen LogP contribution in [0.15, 0.2) is 36.4 Å². The van der Waals surface area contributed by atoms with E-state index >= 15 is 0 Å². The van der Waals surface area contributed by atoms with Gasteiger partial charge in [-0.15, -0.1) is 0 Å². The van der Waals surface area contributed by atoms with Gasteiger partial charge in [0.25, 0.3) is 11.8 Å². The van der Waals surface area contributed by atoms with Gasteiger partial charge >= 0.3 is 0 Å². The Balaban J connectivity index is 1.69. The van der Waals surface area contributed by atoms with Gasteiger partial charge in [-0.1, -0.05) is 24.3 Å². The van der Waals surface area contributed by atoms with Crippen molar-refractivity contribution in [3.8, 4) is 0 Å². The first-order valence-corrected chi connectivity index (χ1v) is 8.39. The highest BCUT2D eigenvalue weighted by Gasteiger charge is 2.32. The topological polar surface area (TPSA) is 86.7 Å². The van der Waals surface area contributed by atoms with Crippen LogP contribution in [-0.2, 0) is 4.79 Å². The highest BCUT2D eigenvalue weighted by molar-refractivity contribution is 6.25. The lowest BCUT2D eigenvalue weighted by molar-refractivity contribution is -0.121. The predicted molar refractivity (Wildman–Crippen MR) is 93.3 cm³/mol. The second-order valence-corrected chi connectivity index (χ2v) is 6.00. The Kier molecular flexibility index (Phi) is 5.09. The van der Waals surface area contributed by atoms with Crippen LogP contribution in [-0.4, -0.2) is 47.4 Å². The normalized spacial score (nSPS) is 13.4. The lowest BCUT2D eigenvalue weighted by Gasteiger charge is -2.27. The summed E-state index contributed by atoms with van der Waals surface area (Å²) in [6.07, 6.45) is 1.14. The van der Waals surface area contributed by atoms with Gasteiger partial charge in [0, 0.05) is 42.6 Å². The number of nitrogens with one attached hydrogen (secondary N) is 1. The molecule has 2 aromatic carbocycles. The average molecular weight is 340 g/mol. The molecule has 6 nitrogen and oxygen atoms in total. The molecule has 1 heterocycles. The summed E-state index contributed by atoms with van der Waals surface area (Å²) < 4.78 is 0. The van der Waals surface area contributed by atoms with Crippen LogP contribution in [0, 0.1) is 0 Å². The number of amides is 3. The zero-order chi connectivity index (χ0) is 17.8. The van der Waals surface area contributed by atoms with Gasteiger partial charge in [0.05, 0.1) is 0 Å². The van der Waals surface area contributed by atoms with Gasteiger partial charge in [-0.3, -0.25) is 19.3 Å². The van der Waals surface area contributed by atoms with Gasteiger partial charge in [-0.2, -0.15) is 0 Å². The maximum Gasteiger partial charge on any atom is 0.261 e. The number of carbonyl (C=O) groups is 3. The van der Waals surface area contributed by atoms with Crippen molar-refractivity contribution < 1.29 is 19.5 Å². The molecule has 2 aromatic rings. The molecule has 0 aromatic heterocycles. The molecule has 0 unspecified atom stereocenters. The van der Waals surface area contributed by atoms with Crippen molar-refractivity contribution in [2.75, 3.05) is 19.7 Å². The standard InChI is InChI=1S/C19H20N2O4/c22-12-4-10-20-16(23)9-3-11-21-18(24)14-7-1-5-13-6-2-8-15(17(13)14)19(21)25/h1-2,5-8,22H,3-4,9-12H2,(H,20,23). The largest absolute Gasteiger partial charge is 0.396 e. The predicted octanol–water partition coefficient (Wildman–Crippen LogP) is 1.71. The Morgan fingerprint density at radius 1 is 1.00 bits per heavy atom. The molecule has 3 amide bonds. The number of carbonyl (C=O) groups excluding carboxylic acids is 3.